The molecule has 1 atom stereocenters. The summed E-state index contributed by atoms with van der Waals surface area (Å²) < 4.78 is 5.78. The highest BCUT2D eigenvalue weighted by Gasteiger charge is 2.22. The van der Waals surface area contributed by atoms with Gasteiger partial charge in [0.2, 0.25) is 0 Å². The molecule has 1 unspecified atom stereocenters. The molecule has 0 saturated carbocycles. The van der Waals surface area contributed by atoms with Crippen LogP contribution in [0.25, 0.3) is 0 Å². The van der Waals surface area contributed by atoms with Crippen LogP contribution in [0, 0.1) is 0 Å². The fourth-order valence-corrected chi connectivity index (χ4v) is 3.40. The number of rotatable bonds is 3. The molecule has 3 nitrogen and oxygen atoms in total. The maximum atomic E-state index is 6.22. The molecule has 0 aromatic heterocycles. The van der Waals surface area contributed by atoms with E-state index >= 15 is 0 Å². The van der Waals surface area contributed by atoms with Gasteiger partial charge in [0.05, 0.1) is 6.61 Å². The second kappa shape index (κ2) is 5.70. The Morgan fingerprint density at radius 2 is 2.37 bits per heavy atom. The number of nitrogens with zero attached hydrogens (tertiary/aromatic N) is 1. The van der Waals surface area contributed by atoms with E-state index in [0.717, 1.165) is 36.9 Å². The van der Waals surface area contributed by atoms with Crippen molar-refractivity contribution < 1.29 is 4.74 Å². The first-order valence-corrected chi connectivity index (χ1v) is 7.48. The van der Waals surface area contributed by atoms with E-state index in [2.05, 4.69) is 16.3 Å². The van der Waals surface area contributed by atoms with Crippen LogP contribution in [0.2, 0.25) is 5.02 Å². The molecule has 2 aliphatic heterocycles. The Kier molecular flexibility index (Phi) is 3.96. The molecule has 104 valence electrons. The number of nitrogens with one attached hydrogen (secondary N) is 1. The molecule has 4 heteroatoms. The molecule has 2 aliphatic rings. The lowest BCUT2D eigenvalue weighted by Gasteiger charge is -2.32. The average Bonchev–Trinajstić information content (AvgIpc) is 2.87. The fraction of sp³-hybridized carbons (Fsp3) is 0.600. The van der Waals surface area contributed by atoms with Gasteiger partial charge in [-0.2, -0.15) is 0 Å². The average molecular weight is 281 g/mol. The molecule has 1 N–H and O–H groups in total. The normalized spacial score (nSPS) is 23.2. The van der Waals surface area contributed by atoms with Crippen molar-refractivity contribution in [1.82, 2.24) is 10.2 Å². The summed E-state index contributed by atoms with van der Waals surface area (Å²) in [6, 6.07) is 4.72. The van der Waals surface area contributed by atoms with E-state index in [4.69, 9.17) is 16.3 Å². The Bertz CT molecular complexity index is 464. The zero-order valence-corrected chi connectivity index (χ0v) is 12.2. The second-order valence-corrected chi connectivity index (χ2v) is 5.95. The van der Waals surface area contributed by atoms with Gasteiger partial charge >= 0.3 is 0 Å². The number of hydrogen-bond donors (Lipinski definition) is 1. The van der Waals surface area contributed by atoms with Crippen LogP contribution in [0.3, 0.4) is 0 Å². The van der Waals surface area contributed by atoms with Gasteiger partial charge < -0.3 is 10.1 Å². The Balaban J connectivity index is 1.76. The van der Waals surface area contributed by atoms with E-state index in [1.807, 2.05) is 13.1 Å². The lowest BCUT2D eigenvalue weighted by molar-refractivity contribution is 0.186. The van der Waals surface area contributed by atoms with Crippen molar-refractivity contribution in [2.45, 2.75) is 31.8 Å². The predicted octanol–water partition coefficient (Wildman–Crippen LogP) is 2.46. The molecule has 3 rings (SSSR count). The first kappa shape index (κ1) is 13.2. The highest BCUT2D eigenvalue weighted by atomic mass is 35.5. The molecular formula is C15H21ClN2O. The molecule has 0 bridgehead atoms. The van der Waals surface area contributed by atoms with Gasteiger partial charge in [-0.25, -0.2) is 0 Å². The lowest BCUT2D eigenvalue weighted by atomic mass is 10.0. The number of hydrogen-bond acceptors (Lipinski definition) is 3. The van der Waals surface area contributed by atoms with Gasteiger partial charge in [0.15, 0.2) is 0 Å². The third-order valence-electron chi connectivity index (χ3n) is 4.13. The van der Waals surface area contributed by atoms with E-state index in [0.29, 0.717) is 6.04 Å². The molecule has 0 radical (unpaired) electrons. The maximum absolute atomic E-state index is 6.22. The summed E-state index contributed by atoms with van der Waals surface area (Å²) in [5, 5.41) is 4.22. The summed E-state index contributed by atoms with van der Waals surface area (Å²) in [5.41, 5.74) is 2.52. The molecule has 1 saturated heterocycles. The Morgan fingerprint density at radius 3 is 3.21 bits per heavy atom. The molecule has 1 aromatic carbocycles. The van der Waals surface area contributed by atoms with Gasteiger partial charge in [-0.1, -0.05) is 11.6 Å². The van der Waals surface area contributed by atoms with Gasteiger partial charge in [0.25, 0.3) is 0 Å². The van der Waals surface area contributed by atoms with Crippen LogP contribution in [0.15, 0.2) is 12.1 Å². The van der Waals surface area contributed by atoms with Crippen LogP contribution in [0.4, 0.5) is 0 Å². The first-order chi connectivity index (χ1) is 9.26. The fourth-order valence-electron chi connectivity index (χ4n) is 3.14. The summed E-state index contributed by atoms with van der Waals surface area (Å²) in [6.45, 7) is 4.01. The van der Waals surface area contributed by atoms with Crippen LogP contribution < -0.4 is 10.1 Å². The van der Waals surface area contributed by atoms with Crippen molar-refractivity contribution in [2.75, 3.05) is 26.7 Å². The van der Waals surface area contributed by atoms with Gasteiger partial charge in [-0.15, -0.1) is 0 Å². The lowest BCUT2D eigenvalue weighted by Crippen LogP contribution is -2.43. The summed E-state index contributed by atoms with van der Waals surface area (Å²) >= 11 is 6.22. The van der Waals surface area contributed by atoms with Gasteiger partial charge in [0, 0.05) is 36.1 Å². The third-order valence-corrected chi connectivity index (χ3v) is 4.35. The Hall–Kier alpha value is -0.770. The number of piperidine rings is 1. The number of likely N-dealkylation sites (tertiary alicyclic amines) is 1. The Morgan fingerprint density at radius 1 is 1.47 bits per heavy atom. The van der Waals surface area contributed by atoms with Gasteiger partial charge in [-0.3, -0.25) is 4.90 Å². The van der Waals surface area contributed by atoms with Crippen molar-refractivity contribution in [3.63, 3.8) is 0 Å². The zero-order valence-electron chi connectivity index (χ0n) is 11.4. The van der Waals surface area contributed by atoms with Crippen LogP contribution in [0.5, 0.6) is 5.75 Å². The third kappa shape index (κ3) is 2.88. The SMILES string of the molecule is CNC1CCCN(Cc2cc(Cl)cc3c2OCC3)C1. The quantitative estimate of drug-likeness (QED) is 0.921. The number of likely N-dealkylation sites (N-methyl/N-ethyl adjacent to an activating group) is 1. The monoisotopic (exact) mass is 280 g/mol. The second-order valence-electron chi connectivity index (χ2n) is 5.51. The first-order valence-electron chi connectivity index (χ1n) is 7.10. The smallest absolute Gasteiger partial charge is 0.127 e. The van der Waals surface area contributed by atoms with Crippen LogP contribution >= 0.6 is 11.6 Å². The molecule has 1 aromatic rings. The van der Waals surface area contributed by atoms with Crippen molar-refractivity contribution >= 4 is 11.6 Å². The summed E-state index contributed by atoms with van der Waals surface area (Å²) in [6.07, 6.45) is 3.52. The standard InChI is InChI=1S/C15H21ClN2O/c1-17-14-3-2-5-18(10-14)9-12-8-13(16)7-11-4-6-19-15(11)12/h7-8,14,17H,2-6,9-10H2,1H3. The molecule has 19 heavy (non-hydrogen) atoms. The largest absolute Gasteiger partial charge is 0.493 e. The van der Waals surface area contributed by atoms with Crippen molar-refractivity contribution in [3.05, 3.63) is 28.3 Å². The van der Waals surface area contributed by atoms with Crippen molar-refractivity contribution in [3.8, 4) is 5.75 Å². The van der Waals surface area contributed by atoms with Gasteiger partial charge in [-0.05, 0) is 44.1 Å². The summed E-state index contributed by atoms with van der Waals surface area (Å²) in [4.78, 5) is 2.50. The van der Waals surface area contributed by atoms with Crippen molar-refractivity contribution in [2.24, 2.45) is 0 Å². The van der Waals surface area contributed by atoms with Crippen LogP contribution in [-0.4, -0.2) is 37.7 Å². The minimum Gasteiger partial charge on any atom is -0.493 e. The van der Waals surface area contributed by atoms with E-state index in [1.165, 1.54) is 30.5 Å². The minimum atomic E-state index is 0.613. The molecule has 2 heterocycles. The topological polar surface area (TPSA) is 24.5 Å². The van der Waals surface area contributed by atoms with Crippen LogP contribution in [-0.2, 0) is 13.0 Å². The molecule has 0 aliphatic carbocycles. The van der Waals surface area contributed by atoms with Crippen molar-refractivity contribution in [1.29, 1.82) is 0 Å². The van der Waals surface area contributed by atoms with Crippen LogP contribution in [0.1, 0.15) is 24.0 Å². The predicted molar refractivity (Wildman–Crippen MR) is 78.0 cm³/mol. The summed E-state index contributed by atoms with van der Waals surface area (Å²) in [7, 11) is 2.05. The van der Waals surface area contributed by atoms with E-state index in [-0.39, 0.29) is 0 Å². The zero-order chi connectivity index (χ0) is 13.2. The Labute approximate surface area is 119 Å². The highest BCUT2D eigenvalue weighted by Crippen LogP contribution is 2.33. The minimum absolute atomic E-state index is 0.613. The molecular weight excluding hydrogens is 260 g/mol. The van der Waals surface area contributed by atoms with Gasteiger partial charge in [0.1, 0.15) is 5.75 Å². The van der Waals surface area contributed by atoms with E-state index < -0.39 is 0 Å². The number of benzene rings is 1. The number of fused-ring (bicyclic) bond motifs is 1. The summed E-state index contributed by atoms with van der Waals surface area (Å²) in [5.74, 6) is 1.08. The molecule has 0 amide bonds. The molecule has 1 fully saturated rings. The maximum Gasteiger partial charge on any atom is 0.127 e. The number of halogens is 1. The highest BCUT2D eigenvalue weighted by molar-refractivity contribution is 6.30. The molecule has 0 spiro atoms. The van der Waals surface area contributed by atoms with E-state index in [9.17, 15) is 0 Å². The van der Waals surface area contributed by atoms with E-state index in [1.54, 1.807) is 0 Å². The number of ether oxygens (including phenoxy) is 1.